The molecular weight excluding hydrogens is 262 g/mol. The Morgan fingerprint density at radius 3 is 2.47 bits per heavy atom. The molecule has 2 rings (SSSR count). The van der Waals surface area contributed by atoms with E-state index in [1.807, 2.05) is 29.1 Å². The zero-order valence-corrected chi connectivity index (χ0v) is 11.9. The van der Waals surface area contributed by atoms with Crippen LogP contribution in [0.25, 0.3) is 5.00 Å². The first kappa shape index (κ1) is 13.5. The zero-order valence-electron chi connectivity index (χ0n) is 11.1. The van der Waals surface area contributed by atoms with Crippen molar-refractivity contribution in [3.63, 3.8) is 0 Å². The van der Waals surface area contributed by atoms with Crippen molar-refractivity contribution in [1.29, 1.82) is 0 Å². The van der Waals surface area contributed by atoms with Crippen LogP contribution in [-0.2, 0) is 4.74 Å². The largest absolute Gasteiger partial charge is 0.462 e. The number of esters is 1. The average molecular weight is 277 g/mol. The van der Waals surface area contributed by atoms with Crippen molar-refractivity contribution >= 4 is 23.1 Å². The minimum atomic E-state index is -0.382. The van der Waals surface area contributed by atoms with Gasteiger partial charge in [0.1, 0.15) is 5.00 Å². The highest BCUT2D eigenvalue weighted by Gasteiger charge is 2.24. The molecule has 0 spiro atoms. The van der Waals surface area contributed by atoms with Gasteiger partial charge in [0.15, 0.2) is 5.78 Å². The second-order valence-corrected chi connectivity index (χ2v) is 5.10. The molecule has 4 nitrogen and oxygen atoms in total. The Morgan fingerprint density at radius 2 is 1.95 bits per heavy atom. The van der Waals surface area contributed by atoms with Crippen LogP contribution >= 0.6 is 11.3 Å². The van der Waals surface area contributed by atoms with Crippen molar-refractivity contribution in [2.75, 3.05) is 6.61 Å². The number of carbonyl (C=O) groups is 2. The molecule has 0 fully saturated rings. The highest BCUT2D eigenvalue weighted by Crippen LogP contribution is 2.32. The normalized spacial score (nSPS) is 10.5. The maximum absolute atomic E-state index is 12.1. The van der Waals surface area contributed by atoms with E-state index < -0.39 is 0 Å². The van der Waals surface area contributed by atoms with Crippen molar-refractivity contribution < 1.29 is 14.3 Å². The number of rotatable bonds is 4. The number of thiophene rings is 1. The summed E-state index contributed by atoms with van der Waals surface area (Å²) >= 11 is 1.32. The number of carbonyl (C=O) groups excluding carboxylic acids is 2. The fourth-order valence-corrected chi connectivity index (χ4v) is 3.09. The van der Waals surface area contributed by atoms with Crippen LogP contribution in [0.4, 0.5) is 0 Å². The second-order valence-electron chi connectivity index (χ2n) is 4.10. The fraction of sp³-hybridized carbons (Fsp3) is 0.286. The summed E-state index contributed by atoms with van der Waals surface area (Å²) in [7, 11) is 0. The highest BCUT2D eigenvalue weighted by atomic mass is 32.1. The summed E-state index contributed by atoms with van der Waals surface area (Å²) in [5, 5.41) is 0.728. The monoisotopic (exact) mass is 277 g/mol. The van der Waals surface area contributed by atoms with Crippen LogP contribution in [0.3, 0.4) is 0 Å². The van der Waals surface area contributed by atoms with Crippen LogP contribution in [0.5, 0.6) is 0 Å². The third kappa shape index (κ3) is 2.46. The van der Waals surface area contributed by atoms with Crippen LogP contribution < -0.4 is 0 Å². The minimum absolute atomic E-state index is 0.0357. The number of nitrogens with zero attached hydrogens (tertiary/aromatic N) is 1. The van der Waals surface area contributed by atoms with Crippen LogP contribution in [0.2, 0.25) is 0 Å². The molecule has 0 amide bonds. The predicted molar refractivity (Wildman–Crippen MR) is 74.3 cm³/mol. The molecule has 2 aromatic heterocycles. The number of ether oxygens (including phenoxy) is 1. The molecule has 0 atom stereocenters. The number of ketones is 1. The van der Waals surface area contributed by atoms with E-state index in [1.54, 1.807) is 13.8 Å². The minimum Gasteiger partial charge on any atom is -0.462 e. The van der Waals surface area contributed by atoms with E-state index in [2.05, 4.69) is 0 Å². The molecule has 5 heteroatoms. The number of aromatic nitrogens is 1. The van der Waals surface area contributed by atoms with E-state index in [0.29, 0.717) is 22.6 Å². The quantitative estimate of drug-likeness (QED) is 0.637. The summed E-state index contributed by atoms with van der Waals surface area (Å²) < 4.78 is 6.91. The Labute approximate surface area is 115 Å². The van der Waals surface area contributed by atoms with Crippen LogP contribution in [-0.4, -0.2) is 22.9 Å². The molecule has 0 unspecified atom stereocenters. The molecule has 100 valence electrons. The van der Waals surface area contributed by atoms with Crippen molar-refractivity contribution in [2.24, 2.45) is 0 Å². The lowest BCUT2D eigenvalue weighted by Gasteiger charge is -2.05. The average Bonchev–Trinajstić information content (AvgIpc) is 2.95. The fourth-order valence-electron chi connectivity index (χ4n) is 1.93. The molecule has 0 aliphatic heterocycles. The summed E-state index contributed by atoms with van der Waals surface area (Å²) in [6.45, 7) is 5.37. The van der Waals surface area contributed by atoms with E-state index in [4.69, 9.17) is 4.74 Å². The summed E-state index contributed by atoms with van der Waals surface area (Å²) in [5.41, 5.74) is 1.17. The lowest BCUT2D eigenvalue weighted by atomic mass is 10.1. The van der Waals surface area contributed by atoms with Gasteiger partial charge in [-0.15, -0.1) is 11.3 Å². The first-order chi connectivity index (χ1) is 9.06. The topological polar surface area (TPSA) is 48.3 Å². The number of Topliss-reactive ketones (excluding diaryl/α,β-unsaturated/α-hetero) is 1. The standard InChI is InChI=1S/C14H15NO3S/c1-4-18-14(17)11-9(2)12(10(3)16)19-13(11)15-7-5-6-8-15/h5-8H,4H2,1-3H3. The van der Waals surface area contributed by atoms with E-state index in [1.165, 1.54) is 18.3 Å². The van der Waals surface area contributed by atoms with Gasteiger partial charge in [0.25, 0.3) is 0 Å². The molecule has 2 aromatic rings. The van der Waals surface area contributed by atoms with Crippen LogP contribution in [0.15, 0.2) is 24.5 Å². The summed E-state index contributed by atoms with van der Waals surface area (Å²) in [4.78, 5) is 24.3. The molecule has 0 radical (unpaired) electrons. The molecular formula is C14H15NO3S. The van der Waals surface area contributed by atoms with Gasteiger partial charge in [-0.3, -0.25) is 4.79 Å². The van der Waals surface area contributed by atoms with Crippen molar-refractivity contribution in [2.45, 2.75) is 20.8 Å². The molecule has 0 saturated heterocycles. The molecule has 0 bridgehead atoms. The first-order valence-electron chi connectivity index (χ1n) is 6.01. The lowest BCUT2D eigenvalue weighted by Crippen LogP contribution is -2.08. The Bertz CT molecular complexity index is 611. The highest BCUT2D eigenvalue weighted by molar-refractivity contribution is 7.17. The maximum Gasteiger partial charge on any atom is 0.341 e. The van der Waals surface area contributed by atoms with Gasteiger partial charge in [0.05, 0.1) is 17.0 Å². The Hall–Kier alpha value is -1.88. The van der Waals surface area contributed by atoms with E-state index >= 15 is 0 Å². The van der Waals surface area contributed by atoms with Gasteiger partial charge in [-0.05, 0) is 38.5 Å². The van der Waals surface area contributed by atoms with Crippen molar-refractivity contribution in [1.82, 2.24) is 4.57 Å². The molecule has 0 aromatic carbocycles. The number of hydrogen-bond donors (Lipinski definition) is 0. The Kier molecular flexibility index (Phi) is 3.85. The molecule has 0 aliphatic rings. The molecule has 2 heterocycles. The SMILES string of the molecule is CCOC(=O)c1c(-n2cccc2)sc(C(C)=O)c1C. The zero-order chi connectivity index (χ0) is 14.0. The van der Waals surface area contributed by atoms with Gasteiger partial charge in [0.2, 0.25) is 0 Å². The molecule has 0 N–H and O–H groups in total. The smallest absolute Gasteiger partial charge is 0.341 e. The lowest BCUT2D eigenvalue weighted by molar-refractivity contribution is 0.0526. The van der Waals surface area contributed by atoms with E-state index in [9.17, 15) is 9.59 Å². The van der Waals surface area contributed by atoms with Gasteiger partial charge < -0.3 is 9.30 Å². The van der Waals surface area contributed by atoms with E-state index in [-0.39, 0.29) is 11.8 Å². The molecule has 0 saturated carbocycles. The molecule has 0 aliphatic carbocycles. The van der Waals surface area contributed by atoms with Gasteiger partial charge in [-0.2, -0.15) is 0 Å². The Balaban J connectivity index is 2.61. The first-order valence-corrected chi connectivity index (χ1v) is 6.82. The van der Waals surface area contributed by atoms with Crippen molar-refractivity contribution in [3.05, 3.63) is 40.5 Å². The summed E-state index contributed by atoms with van der Waals surface area (Å²) in [5.74, 6) is -0.418. The number of hydrogen-bond acceptors (Lipinski definition) is 4. The third-order valence-electron chi connectivity index (χ3n) is 2.77. The van der Waals surface area contributed by atoms with Crippen LogP contribution in [0, 0.1) is 6.92 Å². The van der Waals surface area contributed by atoms with E-state index in [0.717, 1.165) is 5.00 Å². The van der Waals surface area contributed by atoms with Crippen molar-refractivity contribution in [3.8, 4) is 5.00 Å². The van der Waals surface area contributed by atoms with Gasteiger partial charge in [0, 0.05) is 12.4 Å². The predicted octanol–water partition coefficient (Wildman–Crippen LogP) is 3.23. The van der Waals surface area contributed by atoms with Crippen LogP contribution in [0.1, 0.15) is 39.4 Å². The summed E-state index contributed by atoms with van der Waals surface area (Å²) in [6, 6.07) is 3.74. The van der Waals surface area contributed by atoms with Gasteiger partial charge >= 0.3 is 5.97 Å². The molecule has 19 heavy (non-hydrogen) atoms. The second kappa shape index (κ2) is 5.40. The van der Waals surface area contributed by atoms with Gasteiger partial charge in [-0.25, -0.2) is 4.79 Å². The maximum atomic E-state index is 12.1. The third-order valence-corrected chi connectivity index (χ3v) is 4.17. The van der Waals surface area contributed by atoms with Gasteiger partial charge in [-0.1, -0.05) is 0 Å². The summed E-state index contributed by atoms with van der Waals surface area (Å²) in [6.07, 6.45) is 3.69. The Morgan fingerprint density at radius 1 is 1.32 bits per heavy atom.